The van der Waals surface area contributed by atoms with Crippen molar-refractivity contribution in [1.82, 2.24) is 0 Å². The predicted molar refractivity (Wildman–Crippen MR) is 70.5 cm³/mol. The van der Waals surface area contributed by atoms with Crippen molar-refractivity contribution < 1.29 is 13.2 Å². The van der Waals surface area contributed by atoms with Crippen LogP contribution in [0, 0.1) is 0 Å². The summed E-state index contributed by atoms with van der Waals surface area (Å²) in [4.78, 5) is 0.0128. The first-order valence-corrected chi connectivity index (χ1v) is 7.71. The van der Waals surface area contributed by atoms with Crippen LogP contribution in [0.5, 0.6) is 5.75 Å². The minimum Gasteiger partial charge on any atom is -0.489 e. The van der Waals surface area contributed by atoms with Gasteiger partial charge in [-0.15, -0.1) is 0 Å². The van der Waals surface area contributed by atoms with Gasteiger partial charge in [-0.05, 0) is 31.0 Å². The zero-order valence-corrected chi connectivity index (χ0v) is 12.2. The molecule has 0 saturated carbocycles. The van der Waals surface area contributed by atoms with Crippen LogP contribution in [-0.2, 0) is 10.0 Å². The lowest BCUT2D eigenvalue weighted by molar-refractivity contribution is 0.187. The molecule has 0 radical (unpaired) electrons. The van der Waals surface area contributed by atoms with Crippen LogP contribution in [0.2, 0.25) is 0 Å². The average molecular weight is 322 g/mol. The number of hydrogen-bond donors (Lipinski definition) is 1. The van der Waals surface area contributed by atoms with E-state index in [1.807, 2.05) is 13.8 Å². The zero-order valence-electron chi connectivity index (χ0n) is 9.81. The topological polar surface area (TPSA) is 69.4 Å². The summed E-state index contributed by atoms with van der Waals surface area (Å²) >= 11 is 3.21. The van der Waals surface area contributed by atoms with Crippen molar-refractivity contribution in [2.24, 2.45) is 5.14 Å². The van der Waals surface area contributed by atoms with Crippen LogP contribution >= 0.6 is 15.9 Å². The molecule has 0 unspecified atom stereocenters. The maximum atomic E-state index is 11.4. The number of halogens is 1. The van der Waals surface area contributed by atoms with Gasteiger partial charge in [0.25, 0.3) is 0 Å². The van der Waals surface area contributed by atoms with Crippen LogP contribution in [0.3, 0.4) is 0 Å². The van der Waals surface area contributed by atoms with Crippen LogP contribution in [0.25, 0.3) is 0 Å². The normalized spacial score (nSPS) is 11.8. The highest BCUT2D eigenvalue weighted by Gasteiger charge is 2.17. The second-order valence-electron chi connectivity index (χ2n) is 3.69. The van der Waals surface area contributed by atoms with Gasteiger partial charge in [0, 0.05) is 4.47 Å². The Hall–Kier alpha value is -0.590. The molecular formula is C11H16BrNO3S. The summed E-state index contributed by atoms with van der Waals surface area (Å²) < 4.78 is 29.2. The van der Waals surface area contributed by atoms with Crippen molar-refractivity contribution in [3.05, 3.63) is 22.7 Å². The van der Waals surface area contributed by atoms with Crippen molar-refractivity contribution in [3.8, 4) is 5.75 Å². The Balaban J connectivity index is 3.16. The molecular weight excluding hydrogens is 306 g/mol. The van der Waals surface area contributed by atoms with Crippen molar-refractivity contribution in [1.29, 1.82) is 0 Å². The summed E-state index contributed by atoms with van der Waals surface area (Å²) in [6.07, 6.45) is 1.63. The van der Waals surface area contributed by atoms with Gasteiger partial charge >= 0.3 is 0 Å². The van der Waals surface area contributed by atoms with Gasteiger partial charge in [0.15, 0.2) is 0 Å². The summed E-state index contributed by atoms with van der Waals surface area (Å²) in [5.74, 6) is 0.310. The van der Waals surface area contributed by atoms with Gasteiger partial charge < -0.3 is 4.74 Å². The second-order valence-corrected chi connectivity index (χ2v) is 6.14. The fraction of sp³-hybridized carbons (Fsp3) is 0.455. The van der Waals surface area contributed by atoms with Gasteiger partial charge in [0.2, 0.25) is 10.0 Å². The molecule has 1 aromatic rings. The number of rotatable bonds is 5. The first kappa shape index (κ1) is 14.5. The van der Waals surface area contributed by atoms with E-state index in [-0.39, 0.29) is 11.0 Å². The lowest BCUT2D eigenvalue weighted by Gasteiger charge is -2.17. The van der Waals surface area contributed by atoms with Crippen molar-refractivity contribution >= 4 is 26.0 Å². The molecule has 0 spiro atoms. The average Bonchev–Trinajstić information content (AvgIpc) is 2.26. The monoisotopic (exact) mass is 321 g/mol. The summed E-state index contributed by atoms with van der Waals surface area (Å²) in [6.45, 7) is 3.98. The third-order valence-electron chi connectivity index (χ3n) is 2.42. The predicted octanol–water partition coefficient (Wildman–Crippen LogP) is 2.66. The molecule has 17 heavy (non-hydrogen) atoms. The van der Waals surface area contributed by atoms with E-state index in [1.54, 1.807) is 12.1 Å². The van der Waals surface area contributed by atoms with Gasteiger partial charge in [0.05, 0.1) is 6.10 Å². The molecule has 0 atom stereocenters. The van der Waals surface area contributed by atoms with Gasteiger partial charge in [0.1, 0.15) is 10.6 Å². The third-order valence-corrected chi connectivity index (χ3v) is 3.84. The highest BCUT2D eigenvalue weighted by molar-refractivity contribution is 9.10. The second kappa shape index (κ2) is 5.84. The van der Waals surface area contributed by atoms with E-state index in [1.165, 1.54) is 6.07 Å². The molecule has 0 aromatic heterocycles. The summed E-state index contributed by atoms with van der Waals surface area (Å²) in [6, 6.07) is 4.79. The van der Waals surface area contributed by atoms with Crippen LogP contribution in [-0.4, -0.2) is 14.5 Å². The molecule has 0 saturated heterocycles. The molecule has 1 rings (SSSR count). The van der Waals surface area contributed by atoms with E-state index >= 15 is 0 Å². The standard InChI is InChI=1S/C11H16BrNO3S/c1-3-9(4-2)16-10-6-5-8(12)7-11(10)17(13,14)15/h5-7,9H,3-4H2,1-2H3,(H2,13,14,15). The van der Waals surface area contributed by atoms with Gasteiger partial charge in [-0.2, -0.15) is 0 Å². The van der Waals surface area contributed by atoms with Crippen molar-refractivity contribution in [3.63, 3.8) is 0 Å². The number of nitrogens with two attached hydrogens (primary N) is 1. The number of primary sulfonamides is 1. The third kappa shape index (κ3) is 3.97. The SMILES string of the molecule is CCC(CC)Oc1ccc(Br)cc1S(N)(=O)=O. The van der Waals surface area contributed by atoms with E-state index < -0.39 is 10.0 Å². The summed E-state index contributed by atoms with van der Waals surface area (Å²) in [5.41, 5.74) is 0. The molecule has 0 aliphatic carbocycles. The fourth-order valence-corrected chi connectivity index (χ4v) is 2.64. The molecule has 0 heterocycles. The number of benzene rings is 1. The number of sulfonamides is 1. The Morgan fingerprint density at radius 2 is 1.94 bits per heavy atom. The summed E-state index contributed by atoms with van der Waals surface area (Å²) in [5, 5.41) is 5.16. The Labute approximate surface area is 110 Å². The lowest BCUT2D eigenvalue weighted by Crippen LogP contribution is -2.18. The molecule has 0 amide bonds. The Morgan fingerprint density at radius 1 is 1.35 bits per heavy atom. The van der Waals surface area contributed by atoms with Gasteiger partial charge in [-0.25, -0.2) is 13.6 Å². The molecule has 96 valence electrons. The fourth-order valence-electron chi connectivity index (χ4n) is 1.44. The summed E-state index contributed by atoms with van der Waals surface area (Å²) in [7, 11) is -3.77. The van der Waals surface area contributed by atoms with Crippen molar-refractivity contribution in [2.75, 3.05) is 0 Å². The molecule has 1 aromatic carbocycles. The van der Waals surface area contributed by atoms with Gasteiger partial charge in [-0.1, -0.05) is 29.8 Å². The minimum atomic E-state index is -3.77. The van der Waals surface area contributed by atoms with Crippen LogP contribution in [0.15, 0.2) is 27.6 Å². The highest BCUT2D eigenvalue weighted by Crippen LogP contribution is 2.28. The highest BCUT2D eigenvalue weighted by atomic mass is 79.9. The molecule has 0 aliphatic rings. The molecule has 4 nitrogen and oxygen atoms in total. The molecule has 0 fully saturated rings. The smallest absolute Gasteiger partial charge is 0.241 e. The Kier molecular flexibility index (Phi) is 4.97. The maximum Gasteiger partial charge on any atom is 0.241 e. The van der Waals surface area contributed by atoms with E-state index in [2.05, 4.69) is 15.9 Å². The van der Waals surface area contributed by atoms with E-state index in [9.17, 15) is 8.42 Å². The number of ether oxygens (including phenoxy) is 1. The first-order chi connectivity index (χ1) is 7.88. The molecule has 2 N–H and O–H groups in total. The van der Waals surface area contributed by atoms with E-state index in [0.29, 0.717) is 10.2 Å². The largest absolute Gasteiger partial charge is 0.489 e. The molecule has 0 bridgehead atoms. The van der Waals surface area contributed by atoms with Gasteiger partial charge in [-0.3, -0.25) is 0 Å². The van der Waals surface area contributed by atoms with Crippen LogP contribution < -0.4 is 9.88 Å². The van der Waals surface area contributed by atoms with E-state index in [4.69, 9.17) is 9.88 Å². The zero-order chi connectivity index (χ0) is 13.1. The molecule has 6 heteroatoms. The van der Waals surface area contributed by atoms with Crippen molar-refractivity contribution in [2.45, 2.75) is 37.7 Å². The minimum absolute atomic E-state index is 0.00308. The Morgan fingerprint density at radius 3 is 2.41 bits per heavy atom. The van der Waals surface area contributed by atoms with Crippen LogP contribution in [0.4, 0.5) is 0 Å². The maximum absolute atomic E-state index is 11.4. The molecule has 0 aliphatic heterocycles. The van der Waals surface area contributed by atoms with Crippen LogP contribution in [0.1, 0.15) is 26.7 Å². The van der Waals surface area contributed by atoms with E-state index in [0.717, 1.165) is 12.8 Å². The first-order valence-electron chi connectivity index (χ1n) is 5.37. The quantitative estimate of drug-likeness (QED) is 0.906. The Bertz CT molecular complexity index is 483. The number of hydrogen-bond acceptors (Lipinski definition) is 3. The lowest BCUT2D eigenvalue weighted by atomic mass is 10.2.